The lowest BCUT2D eigenvalue weighted by atomic mass is 10.3. The highest BCUT2D eigenvalue weighted by Crippen LogP contribution is 2.43. The van der Waals surface area contributed by atoms with Crippen molar-refractivity contribution in [3.05, 3.63) is 11.3 Å². The van der Waals surface area contributed by atoms with Gasteiger partial charge < -0.3 is 4.74 Å². The lowest BCUT2D eigenvalue weighted by Crippen LogP contribution is -2.43. The quantitative estimate of drug-likeness (QED) is 0.300. The number of ether oxygens (including phenoxy) is 1. The zero-order valence-corrected chi connectivity index (χ0v) is 17.4. The molecule has 0 bridgehead atoms. The molecule has 1 N–H and O–H groups in total. The molecule has 0 aliphatic rings. The molecule has 1 atom stereocenters. The van der Waals surface area contributed by atoms with Gasteiger partial charge in [0.05, 0.1) is 8.07 Å². The predicted octanol–water partition coefficient (Wildman–Crippen LogP) is 4.32. The van der Waals surface area contributed by atoms with Crippen molar-refractivity contribution in [2.24, 2.45) is 0 Å². The van der Waals surface area contributed by atoms with Crippen molar-refractivity contribution < 1.29 is 22.5 Å². The zero-order valence-electron chi connectivity index (χ0n) is 15.6. The molecule has 0 aromatic heterocycles. The third kappa shape index (κ3) is 5.43. The Morgan fingerprint density at radius 1 is 1.09 bits per heavy atom. The first kappa shape index (κ1) is 22.3. The second kappa shape index (κ2) is 8.44. The van der Waals surface area contributed by atoms with Crippen molar-refractivity contribution in [1.29, 1.82) is 0 Å². The van der Waals surface area contributed by atoms with Crippen LogP contribution in [0.5, 0.6) is 0 Å². The highest BCUT2D eigenvalue weighted by atomic mass is 32.2. The summed E-state index contributed by atoms with van der Waals surface area (Å²) in [6, 6.07) is 0. The summed E-state index contributed by atoms with van der Waals surface area (Å²) in [5, 5.41) is 0. The SMILES string of the molecule is CCC(OC(=O)/C(C)=C/[Si](C(C)C)(C(C)C)C(C)C)S(=O)(=O)O. The molecule has 0 fully saturated rings. The summed E-state index contributed by atoms with van der Waals surface area (Å²) in [7, 11) is -6.33. The minimum absolute atomic E-state index is 0.0129. The van der Waals surface area contributed by atoms with Crippen LogP contribution >= 0.6 is 0 Å². The smallest absolute Gasteiger partial charge is 0.334 e. The van der Waals surface area contributed by atoms with E-state index >= 15 is 0 Å². The molecule has 0 saturated heterocycles. The monoisotopic (exact) mass is 364 g/mol. The Balaban J connectivity index is 5.65. The summed E-state index contributed by atoms with van der Waals surface area (Å²) in [4.78, 5) is 12.3. The van der Waals surface area contributed by atoms with Crippen LogP contribution in [0.25, 0.3) is 0 Å². The number of hydrogen-bond acceptors (Lipinski definition) is 4. The van der Waals surface area contributed by atoms with E-state index in [0.717, 1.165) is 0 Å². The fourth-order valence-corrected chi connectivity index (χ4v) is 10.00. The van der Waals surface area contributed by atoms with E-state index in [1.165, 1.54) is 0 Å². The Morgan fingerprint density at radius 2 is 1.48 bits per heavy atom. The van der Waals surface area contributed by atoms with Crippen LogP contribution in [0.15, 0.2) is 11.3 Å². The summed E-state index contributed by atoms with van der Waals surface area (Å²) < 4.78 is 36.5. The molecule has 0 aliphatic carbocycles. The zero-order chi connectivity index (χ0) is 18.6. The highest BCUT2D eigenvalue weighted by Gasteiger charge is 2.41. The molecule has 0 saturated carbocycles. The molecule has 0 aliphatic heterocycles. The van der Waals surface area contributed by atoms with Gasteiger partial charge in [-0.3, -0.25) is 4.55 Å². The largest absolute Gasteiger partial charge is 0.440 e. The van der Waals surface area contributed by atoms with Crippen LogP contribution in [0.3, 0.4) is 0 Å². The van der Waals surface area contributed by atoms with Gasteiger partial charge in [0.25, 0.3) is 0 Å². The van der Waals surface area contributed by atoms with Gasteiger partial charge >= 0.3 is 16.1 Å². The molecular weight excluding hydrogens is 332 g/mol. The molecule has 0 rings (SSSR count). The predicted molar refractivity (Wildman–Crippen MR) is 96.5 cm³/mol. The average Bonchev–Trinajstić information content (AvgIpc) is 2.38. The Kier molecular flexibility index (Phi) is 8.20. The fraction of sp³-hybridized carbons (Fsp3) is 0.812. The van der Waals surface area contributed by atoms with E-state index in [-0.39, 0.29) is 6.42 Å². The van der Waals surface area contributed by atoms with Gasteiger partial charge in [-0.05, 0) is 30.0 Å². The van der Waals surface area contributed by atoms with Crippen molar-refractivity contribution in [3.63, 3.8) is 0 Å². The number of carbonyl (C=O) groups is 1. The Bertz CT molecular complexity index is 513. The summed E-state index contributed by atoms with van der Waals surface area (Å²) in [5.41, 5.74) is 2.28. The van der Waals surface area contributed by atoms with Gasteiger partial charge in [-0.2, -0.15) is 8.42 Å². The van der Waals surface area contributed by atoms with Crippen LogP contribution in [-0.4, -0.2) is 32.4 Å². The summed E-state index contributed by atoms with van der Waals surface area (Å²) in [5.74, 6) is -0.673. The Hall–Kier alpha value is -0.663. The number of carbonyl (C=O) groups excluding carboxylic acids is 1. The number of rotatable bonds is 8. The maximum Gasteiger partial charge on any atom is 0.334 e. The lowest BCUT2D eigenvalue weighted by Gasteiger charge is -2.41. The molecule has 1 unspecified atom stereocenters. The molecule has 136 valence electrons. The summed E-state index contributed by atoms with van der Waals surface area (Å²) in [6.07, 6.45) is 0.0129. The molecular formula is C16H32O5SSi. The Morgan fingerprint density at radius 3 is 1.74 bits per heavy atom. The summed E-state index contributed by atoms with van der Waals surface area (Å²) >= 11 is 0. The first-order valence-corrected chi connectivity index (χ1v) is 12.0. The van der Waals surface area contributed by atoms with E-state index in [1.807, 2.05) is 5.70 Å². The molecule has 0 amide bonds. The van der Waals surface area contributed by atoms with E-state index in [0.29, 0.717) is 22.2 Å². The third-order valence-corrected chi connectivity index (χ3v) is 12.7. The van der Waals surface area contributed by atoms with Crippen molar-refractivity contribution in [1.82, 2.24) is 0 Å². The van der Waals surface area contributed by atoms with Gasteiger partial charge in [-0.1, -0.05) is 54.2 Å². The number of hydrogen-bond donors (Lipinski definition) is 1. The highest BCUT2D eigenvalue weighted by molar-refractivity contribution is 7.86. The van der Waals surface area contributed by atoms with Crippen molar-refractivity contribution >= 4 is 24.2 Å². The van der Waals surface area contributed by atoms with Crippen molar-refractivity contribution in [2.45, 2.75) is 83.9 Å². The van der Waals surface area contributed by atoms with Gasteiger partial charge in [-0.15, -0.1) is 0 Å². The second-order valence-electron chi connectivity index (χ2n) is 7.05. The van der Waals surface area contributed by atoms with Gasteiger partial charge in [0.1, 0.15) is 0 Å². The molecule has 0 aromatic carbocycles. The van der Waals surface area contributed by atoms with Crippen LogP contribution in [0.1, 0.15) is 61.8 Å². The molecule has 0 heterocycles. The maximum atomic E-state index is 12.3. The van der Waals surface area contributed by atoms with Crippen LogP contribution in [-0.2, 0) is 19.6 Å². The summed E-state index contributed by atoms with van der Waals surface area (Å²) in [6.45, 7) is 16.3. The van der Waals surface area contributed by atoms with Gasteiger partial charge in [0, 0.05) is 5.57 Å². The van der Waals surface area contributed by atoms with Crippen LogP contribution in [0.2, 0.25) is 16.6 Å². The average molecular weight is 365 g/mol. The second-order valence-corrected chi connectivity index (χ2v) is 14.4. The van der Waals surface area contributed by atoms with Crippen molar-refractivity contribution in [3.8, 4) is 0 Å². The van der Waals surface area contributed by atoms with Gasteiger partial charge in [-0.25, -0.2) is 4.79 Å². The molecule has 0 aromatic rings. The van der Waals surface area contributed by atoms with E-state index in [4.69, 9.17) is 9.29 Å². The lowest BCUT2D eigenvalue weighted by molar-refractivity contribution is -0.141. The molecule has 5 nitrogen and oxygen atoms in total. The first-order valence-electron chi connectivity index (χ1n) is 8.17. The van der Waals surface area contributed by atoms with Gasteiger partial charge in [0.2, 0.25) is 5.44 Å². The van der Waals surface area contributed by atoms with Crippen LogP contribution in [0.4, 0.5) is 0 Å². The molecule has 23 heavy (non-hydrogen) atoms. The first-order chi connectivity index (χ1) is 10.3. The minimum atomic E-state index is -4.40. The standard InChI is InChI=1S/C16H32O5SSi/c1-9-15(22(18,19)20)21-16(17)14(8)10-23(11(2)3,12(4)5)13(6)7/h10-13,15H,9H2,1-8H3,(H,18,19,20)/b14-10+. The molecule has 7 heteroatoms. The third-order valence-electron chi connectivity index (χ3n) is 4.69. The van der Waals surface area contributed by atoms with Crippen LogP contribution < -0.4 is 0 Å². The van der Waals surface area contributed by atoms with E-state index in [2.05, 4.69) is 41.5 Å². The number of esters is 1. The molecule has 0 radical (unpaired) electrons. The van der Waals surface area contributed by atoms with Crippen molar-refractivity contribution in [2.75, 3.05) is 0 Å². The maximum absolute atomic E-state index is 12.3. The minimum Gasteiger partial charge on any atom is -0.440 e. The van der Waals surface area contributed by atoms with Gasteiger partial charge in [0.15, 0.2) is 0 Å². The fourth-order valence-electron chi connectivity index (χ4n) is 3.50. The van der Waals surface area contributed by atoms with E-state index < -0.39 is 29.6 Å². The topological polar surface area (TPSA) is 80.7 Å². The molecule has 0 spiro atoms. The van der Waals surface area contributed by atoms with Crippen LogP contribution in [0, 0.1) is 0 Å². The van der Waals surface area contributed by atoms with E-state index in [1.54, 1.807) is 13.8 Å². The van der Waals surface area contributed by atoms with E-state index in [9.17, 15) is 13.2 Å². The Labute approximate surface area is 142 Å². The normalized spacial score (nSPS) is 15.4.